The Balaban J connectivity index is 1.41. The number of halogens is 3. The molecular formula is C26H33F3. The number of unbranched alkanes of at least 4 members (excludes halogenated alkanes) is 2. The molecule has 0 N–H and O–H groups in total. The Morgan fingerprint density at radius 2 is 1.55 bits per heavy atom. The molecule has 4 unspecified atom stereocenters. The Labute approximate surface area is 172 Å². The first-order valence-corrected chi connectivity index (χ1v) is 11.5. The van der Waals surface area contributed by atoms with E-state index in [1.54, 1.807) is 6.07 Å². The molecule has 2 aliphatic carbocycles. The molecule has 0 aromatic heterocycles. The van der Waals surface area contributed by atoms with Crippen molar-refractivity contribution in [1.82, 2.24) is 0 Å². The lowest BCUT2D eigenvalue weighted by molar-refractivity contribution is -0.137. The van der Waals surface area contributed by atoms with Gasteiger partial charge < -0.3 is 0 Å². The van der Waals surface area contributed by atoms with Crippen LogP contribution in [0.15, 0.2) is 36.4 Å². The molecule has 2 aromatic carbocycles. The van der Waals surface area contributed by atoms with E-state index in [2.05, 4.69) is 19.1 Å². The van der Waals surface area contributed by atoms with Crippen molar-refractivity contribution in [3.05, 3.63) is 47.5 Å². The van der Waals surface area contributed by atoms with Crippen molar-refractivity contribution in [3.8, 4) is 0 Å². The van der Waals surface area contributed by atoms with E-state index in [4.69, 9.17) is 0 Å². The van der Waals surface area contributed by atoms with Crippen LogP contribution in [0.3, 0.4) is 0 Å². The molecule has 29 heavy (non-hydrogen) atoms. The molecule has 2 fully saturated rings. The molecule has 0 bridgehead atoms. The van der Waals surface area contributed by atoms with Gasteiger partial charge in [-0.3, -0.25) is 0 Å². The smallest absolute Gasteiger partial charge is 0.166 e. The molecule has 0 spiro atoms. The highest BCUT2D eigenvalue weighted by atomic mass is 19.4. The van der Waals surface area contributed by atoms with Crippen LogP contribution in [0.1, 0.15) is 88.2 Å². The van der Waals surface area contributed by atoms with E-state index in [0.717, 1.165) is 23.1 Å². The van der Waals surface area contributed by atoms with E-state index in [1.165, 1.54) is 81.9 Å². The average molecular weight is 403 g/mol. The van der Waals surface area contributed by atoms with E-state index in [0.29, 0.717) is 11.3 Å². The fraction of sp³-hybridized carbons (Fsp3) is 0.615. The minimum absolute atomic E-state index is 0.561. The van der Waals surface area contributed by atoms with E-state index < -0.39 is 11.7 Å². The number of rotatable bonds is 5. The van der Waals surface area contributed by atoms with Gasteiger partial charge in [-0.25, -0.2) is 0 Å². The van der Waals surface area contributed by atoms with Crippen molar-refractivity contribution in [2.45, 2.75) is 83.2 Å². The van der Waals surface area contributed by atoms with Crippen LogP contribution in [0.25, 0.3) is 10.8 Å². The summed E-state index contributed by atoms with van der Waals surface area (Å²) in [4.78, 5) is 0. The summed E-state index contributed by atoms with van der Waals surface area (Å²) in [5.74, 6) is 3.27. The van der Waals surface area contributed by atoms with Gasteiger partial charge in [0.15, 0.2) is 0 Å². The Kier molecular flexibility index (Phi) is 6.22. The van der Waals surface area contributed by atoms with E-state index in [1.807, 2.05) is 6.07 Å². The fourth-order valence-corrected chi connectivity index (χ4v) is 5.93. The van der Waals surface area contributed by atoms with Crippen LogP contribution in [-0.2, 0) is 6.18 Å². The molecule has 158 valence electrons. The van der Waals surface area contributed by atoms with Crippen molar-refractivity contribution < 1.29 is 13.2 Å². The van der Waals surface area contributed by atoms with Crippen LogP contribution in [0, 0.1) is 17.8 Å². The maximum absolute atomic E-state index is 13.0. The van der Waals surface area contributed by atoms with Crippen LogP contribution in [-0.4, -0.2) is 0 Å². The lowest BCUT2D eigenvalue weighted by atomic mass is 9.63. The largest absolute Gasteiger partial charge is 0.416 e. The van der Waals surface area contributed by atoms with Gasteiger partial charge in [-0.1, -0.05) is 63.3 Å². The maximum atomic E-state index is 13.0. The third-order valence-corrected chi connectivity index (χ3v) is 7.60. The number of fused-ring (bicyclic) bond motifs is 2. The van der Waals surface area contributed by atoms with Crippen LogP contribution in [0.4, 0.5) is 13.2 Å². The highest BCUT2D eigenvalue weighted by Crippen LogP contribution is 2.48. The second-order valence-electron chi connectivity index (χ2n) is 9.52. The van der Waals surface area contributed by atoms with Gasteiger partial charge in [0.2, 0.25) is 0 Å². The van der Waals surface area contributed by atoms with Crippen LogP contribution in [0.5, 0.6) is 0 Å². The zero-order valence-electron chi connectivity index (χ0n) is 17.5. The molecular weight excluding hydrogens is 369 g/mol. The first-order valence-electron chi connectivity index (χ1n) is 11.5. The third-order valence-electron chi connectivity index (χ3n) is 7.60. The Morgan fingerprint density at radius 3 is 2.34 bits per heavy atom. The van der Waals surface area contributed by atoms with Gasteiger partial charge in [0.05, 0.1) is 5.56 Å². The standard InChI is InChI=1S/C26H33F3/c1-2-3-4-5-18-6-7-20-15-21(9-8-19(20)14-18)22-10-11-24-17-25(26(27,28)29)13-12-23(24)16-22/h10-13,16-21H,2-9,14-15H2,1H3. The van der Waals surface area contributed by atoms with E-state index in [-0.39, 0.29) is 0 Å². The van der Waals surface area contributed by atoms with E-state index in [9.17, 15) is 13.2 Å². The predicted molar refractivity (Wildman–Crippen MR) is 114 cm³/mol. The Hall–Kier alpha value is -1.51. The van der Waals surface area contributed by atoms with Crippen LogP contribution < -0.4 is 0 Å². The highest BCUT2D eigenvalue weighted by molar-refractivity contribution is 5.84. The molecule has 2 saturated carbocycles. The molecule has 0 heterocycles. The van der Waals surface area contributed by atoms with Crippen LogP contribution >= 0.6 is 0 Å². The zero-order valence-corrected chi connectivity index (χ0v) is 17.5. The highest BCUT2D eigenvalue weighted by Gasteiger charge is 2.36. The summed E-state index contributed by atoms with van der Waals surface area (Å²) in [6.07, 6.45) is 9.25. The predicted octanol–water partition coefficient (Wildman–Crippen LogP) is 8.74. The van der Waals surface area contributed by atoms with Gasteiger partial charge in [-0.15, -0.1) is 0 Å². The zero-order chi connectivity index (χ0) is 20.4. The van der Waals surface area contributed by atoms with Gasteiger partial charge in [-0.05, 0) is 84.2 Å². The first kappa shape index (κ1) is 20.8. The minimum atomic E-state index is -4.28. The van der Waals surface area contributed by atoms with Gasteiger partial charge in [0.25, 0.3) is 0 Å². The summed E-state index contributed by atoms with van der Waals surface area (Å²) in [5.41, 5.74) is 0.759. The fourth-order valence-electron chi connectivity index (χ4n) is 5.93. The molecule has 0 amide bonds. The van der Waals surface area contributed by atoms with Crippen molar-refractivity contribution in [1.29, 1.82) is 0 Å². The Morgan fingerprint density at radius 1 is 0.828 bits per heavy atom. The second kappa shape index (κ2) is 8.70. The third kappa shape index (κ3) is 4.81. The quantitative estimate of drug-likeness (QED) is 0.439. The average Bonchev–Trinajstić information content (AvgIpc) is 2.72. The summed E-state index contributed by atoms with van der Waals surface area (Å²) < 4.78 is 38.9. The topological polar surface area (TPSA) is 0 Å². The number of alkyl halides is 3. The van der Waals surface area contributed by atoms with Gasteiger partial charge in [0.1, 0.15) is 0 Å². The normalized spacial score (nSPS) is 27.7. The van der Waals surface area contributed by atoms with Crippen molar-refractivity contribution in [2.75, 3.05) is 0 Å². The second-order valence-corrected chi connectivity index (χ2v) is 9.52. The monoisotopic (exact) mass is 402 g/mol. The van der Waals surface area contributed by atoms with Crippen LogP contribution in [0.2, 0.25) is 0 Å². The molecule has 3 heteroatoms. The lowest BCUT2D eigenvalue weighted by Crippen LogP contribution is -2.30. The molecule has 0 radical (unpaired) electrons. The summed E-state index contributed by atoms with van der Waals surface area (Å²) in [5, 5.41) is 1.61. The molecule has 2 aromatic rings. The molecule has 4 rings (SSSR count). The molecule has 2 aliphatic rings. The van der Waals surface area contributed by atoms with Crippen molar-refractivity contribution in [3.63, 3.8) is 0 Å². The minimum Gasteiger partial charge on any atom is -0.166 e. The molecule has 0 saturated heterocycles. The summed E-state index contributed by atoms with van der Waals surface area (Å²) in [7, 11) is 0. The summed E-state index contributed by atoms with van der Waals surface area (Å²) in [6, 6.07) is 10.2. The number of hydrogen-bond acceptors (Lipinski definition) is 0. The molecule has 0 nitrogen and oxygen atoms in total. The SMILES string of the molecule is CCCCCC1CCC2CC(c3ccc4cc(C(F)(F)F)ccc4c3)CCC2C1. The molecule has 4 atom stereocenters. The number of benzene rings is 2. The summed E-state index contributed by atoms with van der Waals surface area (Å²) in [6.45, 7) is 2.28. The van der Waals surface area contributed by atoms with E-state index >= 15 is 0 Å². The molecule has 0 aliphatic heterocycles. The maximum Gasteiger partial charge on any atom is 0.416 e. The first-order chi connectivity index (χ1) is 13.9. The number of hydrogen-bond donors (Lipinski definition) is 0. The van der Waals surface area contributed by atoms with Gasteiger partial charge >= 0.3 is 6.18 Å². The van der Waals surface area contributed by atoms with Crippen molar-refractivity contribution >= 4 is 10.8 Å². The Bertz CT molecular complexity index is 822. The summed E-state index contributed by atoms with van der Waals surface area (Å²) >= 11 is 0. The lowest BCUT2D eigenvalue weighted by Gasteiger charge is -2.42. The van der Waals surface area contributed by atoms with Gasteiger partial charge in [0, 0.05) is 0 Å². The van der Waals surface area contributed by atoms with Gasteiger partial charge in [-0.2, -0.15) is 13.2 Å². The van der Waals surface area contributed by atoms with Crippen molar-refractivity contribution in [2.24, 2.45) is 17.8 Å².